The monoisotopic (exact) mass is 224 g/mol. The lowest BCUT2D eigenvalue weighted by Gasteiger charge is -1.96. The van der Waals surface area contributed by atoms with Crippen LogP contribution < -0.4 is 5.43 Å². The number of H-pyrrole nitrogens is 1. The van der Waals surface area contributed by atoms with Crippen molar-refractivity contribution in [2.75, 3.05) is 0 Å². The third kappa shape index (κ3) is 1.04. The lowest BCUT2D eigenvalue weighted by atomic mass is 10.2. The fourth-order valence-corrected chi connectivity index (χ4v) is 1.65. The highest BCUT2D eigenvalue weighted by Gasteiger charge is 2.00. The summed E-state index contributed by atoms with van der Waals surface area (Å²) in [4.78, 5) is 11.3. The molecule has 0 saturated carbocycles. The molecule has 0 fully saturated rings. The summed E-state index contributed by atoms with van der Waals surface area (Å²) < 4.78 is 0.795. The molecule has 0 radical (unpaired) electrons. The molecular formula is C8H5BrN2O. The molecular weight excluding hydrogens is 220 g/mol. The first kappa shape index (κ1) is 7.49. The molecule has 0 aliphatic heterocycles. The number of aromatic nitrogens is 2. The summed E-state index contributed by atoms with van der Waals surface area (Å²) in [7, 11) is 0. The Kier molecular flexibility index (Phi) is 1.69. The summed E-state index contributed by atoms with van der Waals surface area (Å²) in [5.74, 6) is 0. The van der Waals surface area contributed by atoms with Crippen LogP contribution in [-0.4, -0.2) is 10.2 Å². The third-order valence-electron chi connectivity index (χ3n) is 1.63. The van der Waals surface area contributed by atoms with E-state index in [4.69, 9.17) is 0 Å². The molecule has 1 heterocycles. The summed E-state index contributed by atoms with van der Waals surface area (Å²) in [5.41, 5.74) is 0.674. The quantitative estimate of drug-likeness (QED) is 0.741. The van der Waals surface area contributed by atoms with Gasteiger partial charge in [0.1, 0.15) is 0 Å². The maximum absolute atomic E-state index is 11.3. The molecule has 2 aromatic rings. The predicted octanol–water partition coefficient (Wildman–Crippen LogP) is 1.69. The molecule has 12 heavy (non-hydrogen) atoms. The highest BCUT2D eigenvalue weighted by atomic mass is 79.9. The van der Waals surface area contributed by atoms with E-state index in [-0.39, 0.29) is 5.43 Å². The Morgan fingerprint density at radius 2 is 2.25 bits per heavy atom. The smallest absolute Gasteiger partial charge is 0.209 e. The average molecular weight is 225 g/mol. The second-order valence-corrected chi connectivity index (χ2v) is 3.25. The number of nitrogens with one attached hydrogen (secondary N) is 1. The van der Waals surface area contributed by atoms with Crippen LogP contribution in [0.2, 0.25) is 0 Å². The summed E-state index contributed by atoms with van der Waals surface area (Å²) in [6.07, 6.45) is 1.27. The third-order valence-corrected chi connectivity index (χ3v) is 2.29. The molecule has 0 amide bonds. The Morgan fingerprint density at radius 1 is 1.42 bits per heavy atom. The SMILES string of the molecule is O=c1cn[nH]c2cccc(Br)c12. The van der Waals surface area contributed by atoms with Crippen LogP contribution >= 0.6 is 15.9 Å². The van der Waals surface area contributed by atoms with Crippen LogP contribution in [0.4, 0.5) is 0 Å². The van der Waals surface area contributed by atoms with Gasteiger partial charge in [-0.3, -0.25) is 9.89 Å². The van der Waals surface area contributed by atoms with Gasteiger partial charge in [-0.05, 0) is 28.1 Å². The first-order chi connectivity index (χ1) is 5.79. The largest absolute Gasteiger partial charge is 0.287 e. The van der Waals surface area contributed by atoms with Crippen molar-refractivity contribution in [2.45, 2.75) is 0 Å². The van der Waals surface area contributed by atoms with Gasteiger partial charge >= 0.3 is 0 Å². The normalized spacial score (nSPS) is 10.4. The van der Waals surface area contributed by atoms with Crippen molar-refractivity contribution in [1.29, 1.82) is 0 Å². The van der Waals surface area contributed by atoms with E-state index >= 15 is 0 Å². The van der Waals surface area contributed by atoms with Gasteiger partial charge in [-0.1, -0.05) is 6.07 Å². The maximum Gasteiger partial charge on any atom is 0.209 e. The van der Waals surface area contributed by atoms with Gasteiger partial charge in [0, 0.05) is 4.47 Å². The minimum Gasteiger partial charge on any atom is -0.287 e. The molecule has 4 heteroatoms. The molecule has 60 valence electrons. The minimum absolute atomic E-state index is 0.0729. The van der Waals surface area contributed by atoms with E-state index < -0.39 is 0 Å². The van der Waals surface area contributed by atoms with Gasteiger partial charge in [-0.15, -0.1) is 0 Å². The second-order valence-electron chi connectivity index (χ2n) is 2.40. The van der Waals surface area contributed by atoms with E-state index in [2.05, 4.69) is 26.1 Å². The lowest BCUT2D eigenvalue weighted by Crippen LogP contribution is -2.03. The highest BCUT2D eigenvalue weighted by molar-refractivity contribution is 9.10. The van der Waals surface area contributed by atoms with Crippen molar-refractivity contribution < 1.29 is 0 Å². The number of fused-ring (bicyclic) bond motifs is 1. The number of rotatable bonds is 0. The molecule has 1 N–H and O–H groups in total. The van der Waals surface area contributed by atoms with Gasteiger partial charge in [0.25, 0.3) is 0 Å². The Morgan fingerprint density at radius 3 is 3.00 bits per heavy atom. The van der Waals surface area contributed by atoms with Crippen LogP contribution in [0.1, 0.15) is 0 Å². The predicted molar refractivity (Wildman–Crippen MR) is 50.1 cm³/mol. The van der Waals surface area contributed by atoms with Crippen LogP contribution in [0, 0.1) is 0 Å². The minimum atomic E-state index is -0.0729. The molecule has 0 aliphatic carbocycles. The molecule has 3 nitrogen and oxygen atoms in total. The van der Waals surface area contributed by atoms with Gasteiger partial charge in [0.15, 0.2) is 0 Å². The van der Waals surface area contributed by atoms with E-state index in [1.807, 2.05) is 18.2 Å². The van der Waals surface area contributed by atoms with E-state index in [9.17, 15) is 4.79 Å². The Labute approximate surface area is 76.5 Å². The molecule has 0 aliphatic rings. The maximum atomic E-state index is 11.3. The summed E-state index contributed by atoms with van der Waals surface area (Å²) in [6.45, 7) is 0. The van der Waals surface area contributed by atoms with Gasteiger partial charge in [0.2, 0.25) is 5.43 Å². The summed E-state index contributed by atoms with van der Waals surface area (Å²) in [5, 5.41) is 7.09. The average Bonchev–Trinajstić information content (AvgIpc) is 2.04. The van der Waals surface area contributed by atoms with Crippen LogP contribution in [0.5, 0.6) is 0 Å². The summed E-state index contributed by atoms with van der Waals surface area (Å²) in [6, 6.07) is 5.50. The topological polar surface area (TPSA) is 45.8 Å². The molecule has 0 bridgehead atoms. The number of hydrogen-bond acceptors (Lipinski definition) is 2. The zero-order valence-electron chi connectivity index (χ0n) is 6.04. The van der Waals surface area contributed by atoms with E-state index in [1.165, 1.54) is 6.20 Å². The molecule has 0 unspecified atom stereocenters. The highest BCUT2D eigenvalue weighted by Crippen LogP contribution is 2.17. The fraction of sp³-hybridized carbons (Fsp3) is 0. The number of hydrogen-bond donors (Lipinski definition) is 1. The van der Waals surface area contributed by atoms with Crippen molar-refractivity contribution in [3.05, 3.63) is 39.1 Å². The van der Waals surface area contributed by atoms with Gasteiger partial charge in [-0.2, -0.15) is 5.10 Å². The van der Waals surface area contributed by atoms with Crippen molar-refractivity contribution >= 4 is 26.8 Å². The Hall–Kier alpha value is -1.16. The number of aromatic amines is 1. The number of halogens is 1. The zero-order chi connectivity index (χ0) is 8.55. The van der Waals surface area contributed by atoms with Gasteiger partial charge in [0.05, 0.1) is 17.1 Å². The second kappa shape index (κ2) is 2.71. The summed E-state index contributed by atoms with van der Waals surface area (Å²) >= 11 is 3.30. The van der Waals surface area contributed by atoms with Crippen molar-refractivity contribution in [2.24, 2.45) is 0 Å². The van der Waals surface area contributed by atoms with Crippen LogP contribution in [0.3, 0.4) is 0 Å². The van der Waals surface area contributed by atoms with Crippen LogP contribution in [-0.2, 0) is 0 Å². The molecule has 0 atom stereocenters. The number of nitrogens with zero attached hydrogens (tertiary/aromatic N) is 1. The molecule has 0 saturated heterocycles. The van der Waals surface area contributed by atoms with E-state index in [0.29, 0.717) is 5.39 Å². The molecule has 2 rings (SSSR count). The zero-order valence-corrected chi connectivity index (χ0v) is 7.63. The van der Waals surface area contributed by atoms with E-state index in [1.54, 1.807) is 0 Å². The van der Waals surface area contributed by atoms with Crippen LogP contribution in [0.25, 0.3) is 10.9 Å². The fourth-order valence-electron chi connectivity index (χ4n) is 1.09. The molecule has 1 aromatic heterocycles. The Balaban J connectivity index is 3.07. The van der Waals surface area contributed by atoms with Crippen molar-refractivity contribution in [3.8, 4) is 0 Å². The lowest BCUT2D eigenvalue weighted by molar-refractivity contribution is 1.06. The van der Waals surface area contributed by atoms with Crippen molar-refractivity contribution in [3.63, 3.8) is 0 Å². The van der Waals surface area contributed by atoms with Crippen LogP contribution in [0.15, 0.2) is 33.7 Å². The standard InChI is InChI=1S/C8H5BrN2O/c9-5-2-1-3-6-8(5)7(12)4-10-11-6/h1-4H,(H,11,12). The molecule has 0 spiro atoms. The number of benzene rings is 1. The Bertz CT molecular complexity index is 472. The van der Waals surface area contributed by atoms with Gasteiger partial charge < -0.3 is 0 Å². The first-order valence-electron chi connectivity index (χ1n) is 3.41. The molecule has 1 aromatic carbocycles. The first-order valence-corrected chi connectivity index (χ1v) is 4.20. The van der Waals surface area contributed by atoms with E-state index in [0.717, 1.165) is 9.99 Å². The van der Waals surface area contributed by atoms with Crippen molar-refractivity contribution in [1.82, 2.24) is 10.2 Å². The van der Waals surface area contributed by atoms with Gasteiger partial charge in [-0.25, -0.2) is 0 Å².